The van der Waals surface area contributed by atoms with Crippen LogP contribution in [-0.4, -0.2) is 60.6 Å². The number of hydrogen-bond acceptors (Lipinski definition) is 5. The quantitative estimate of drug-likeness (QED) is 0.443. The topological polar surface area (TPSA) is 89.6 Å². The zero-order valence-electron chi connectivity index (χ0n) is 20.9. The van der Waals surface area contributed by atoms with Crippen LogP contribution in [0.15, 0.2) is 73.1 Å². The van der Waals surface area contributed by atoms with Crippen molar-refractivity contribution in [2.75, 3.05) is 48.3 Å². The number of hydrogen-bond donors (Lipinski definition) is 3. The number of amides is 3. The van der Waals surface area contributed by atoms with Crippen molar-refractivity contribution in [3.8, 4) is 0 Å². The fraction of sp³-hybridized carbons (Fsp3) is 0.321. The number of pyridine rings is 1. The number of nitrogens with one attached hydrogen (secondary N) is 3. The van der Waals surface area contributed by atoms with Crippen molar-refractivity contribution in [1.82, 2.24) is 15.2 Å². The molecule has 0 unspecified atom stereocenters. The lowest BCUT2D eigenvalue weighted by Crippen LogP contribution is -2.47. The average molecular weight is 487 g/mol. The van der Waals surface area contributed by atoms with E-state index < -0.39 is 0 Å². The SMILES string of the molecule is CC(C)NC(=O)Nc1ccc(C(=O)Nc2ccccc2N2CCN(CCc3ccncc3)CC2)cc1. The van der Waals surface area contributed by atoms with E-state index in [1.54, 1.807) is 24.3 Å². The lowest BCUT2D eigenvalue weighted by atomic mass is 10.1. The van der Waals surface area contributed by atoms with E-state index in [9.17, 15) is 9.59 Å². The molecule has 0 atom stereocenters. The van der Waals surface area contributed by atoms with Crippen LogP contribution in [0.5, 0.6) is 0 Å². The van der Waals surface area contributed by atoms with E-state index in [0.717, 1.165) is 50.5 Å². The summed E-state index contributed by atoms with van der Waals surface area (Å²) in [4.78, 5) is 33.7. The Hall–Kier alpha value is -3.91. The molecule has 0 aliphatic carbocycles. The Morgan fingerprint density at radius 2 is 1.58 bits per heavy atom. The van der Waals surface area contributed by atoms with Crippen LogP contribution in [0.1, 0.15) is 29.8 Å². The molecule has 1 aliphatic heterocycles. The Morgan fingerprint density at radius 3 is 2.28 bits per heavy atom. The van der Waals surface area contributed by atoms with Crippen LogP contribution in [0.4, 0.5) is 21.9 Å². The van der Waals surface area contributed by atoms with Gasteiger partial charge in [-0.2, -0.15) is 0 Å². The minimum Gasteiger partial charge on any atom is -0.367 e. The third-order valence-electron chi connectivity index (χ3n) is 6.16. The number of para-hydroxylation sites is 2. The molecular weight excluding hydrogens is 452 g/mol. The number of benzene rings is 2. The maximum absolute atomic E-state index is 13.0. The third-order valence-corrected chi connectivity index (χ3v) is 6.16. The van der Waals surface area contributed by atoms with Crippen molar-refractivity contribution in [1.29, 1.82) is 0 Å². The highest BCUT2D eigenvalue weighted by Gasteiger charge is 2.20. The minimum absolute atomic E-state index is 0.0464. The van der Waals surface area contributed by atoms with Crippen molar-refractivity contribution >= 4 is 29.0 Å². The molecule has 3 amide bonds. The molecular formula is C28H34N6O2. The van der Waals surface area contributed by atoms with Gasteiger partial charge in [0.1, 0.15) is 0 Å². The van der Waals surface area contributed by atoms with E-state index in [2.05, 4.69) is 48.9 Å². The third kappa shape index (κ3) is 7.05. The first kappa shape index (κ1) is 25.2. The Labute approximate surface area is 212 Å². The Kier molecular flexibility index (Phi) is 8.52. The summed E-state index contributed by atoms with van der Waals surface area (Å²) in [5, 5.41) is 8.61. The first-order valence-corrected chi connectivity index (χ1v) is 12.4. The number of nitrogens with zero attached hydrogens (tertiary/aromatic N) is 3. The smallest absolute Gasteiger partial charge is 0.319 e. The molecule has 1 aromatic heterocycles. The summed E-state index contributed by atoms with van der Waals surface area (Å²) < 4.78 is 0. The van der Waals surface area contributed by atoms with Crippen molar-refractivity contribution in [2.45, 2.75) is 26.3 Å². The van der Waals surface area contributed by atoms with Crippen molar-refractivity contribution < 1.29 is 9.59 Å². The molecule has 3 aromatic rings. The Bertz CT molecular complexity index is 1140. The van der Waals surface area contributed by atoms with E-state index in [4.69, 9.17) is 0 Å². The van der Waals surface area contributed by atoms with Gasteiger partial charge in [0.2, 0.25) is 0 Å². The molecule has 8 nitrogen and oxygen atoms in total. The van der Waals surface area contributed by atoms with Crippen LogP contribution in [0.2, 0.25) is 0 Å². The fourth-order valence-electron chi connectivity index (χ4n) is 4.23. The number of piperazine rings is 1. The van der Waals surface area contributed by atoms with E-state index >= 15 is 0 Å². The van der Waals surface area contributed by atoms with Crippen LogP contribution >= 0.6 is 0 Å². The molecule has 3 N–H and O–H groups in total. The molecule has 188 valence electrons. The highest BCUT2D eigenvalue weighted by molar-refractivity contribution is 6.06. The van der Waals surface area contributed by atoms with E-state index in [1.165, 1.54) is 5.56 Å². The molecule has 1 saturated heterocycles. The van der Waals surface area contributed by atoms with Gasteiger partial charge in [0.25, 0.3) is 5.91 Å². The van der Waals surface area contributed by atoms with Crippen LogP contribution in [0, 0.1) is 0 Å². The van der Waals surface area contributed by atoms with Crippen molar-refractivity contribution in [3.63, 3.8) is 0 Å². The summed E-state index contributed by atoms with van der Waals surface area (Å²) in [6, 6.07) is 18.7. The first-order valence-electron chi connectivity index (χ1n) is 12.4. The van der Waals surface area contributed by atoms with Crippen LogP contribution in [-0.2, 0) is 6.42 Å². The molecule has 1 fully saturated rings. The highest BCUT2D eigenvalue weighted by atomic mass is 16.2. The predicted octanol–water partition coefficient (Wildman–Crippen LogP) is 4.23. The molecule has 2 aromatic carbocycles. The lowest BCUT2D eigenvalue weighted by molar-refractivity contribution is 0.102. The molecule has 36 heavy (non-hydrogen) atoms. The zero-order chi connectivity index (χ0) is 25.3. The minimum atomic E-state index is -0.270. The lowest BCUT2D eigenvalue weighted by Gasteiger charge is -2.37. The van der Waals surface area contributed by atoms with Gasteiger partial charge in [0.05, 0.1) is 11.4 Å². The zero-order valence-corrected chi connectivity index (χ0v) is 20.9. The summed E-state index contributed by atoms with van der Waals surface area (Å²) in [7, 11) is 0. The predicted molar refractivity (Wildman–Crippen MR) is 145 cm³/mol. The van der Waals surface area contributed by atoms with Crippen LogP contribution < -0.4 is 20.9 Å². The molecule has 1 aliphatic rings. The van der Waals surface area contributed by atoms with Gasteiger partial charge in [0.15, 0.2) is 0 Å². The monoisotopic (exact) mass is 486 g/mol. The second-order valence-electron chi connectivity index (χ2n) is 9.24. The number of rotatable bonds is 8. The highest BCUT2D eigenvalue weighted by Crippen LogP contribution is 2.27. The number of anilines is 3. The summed E-state index contributed by atoms with van der Waals surface area (Å²) in [6.07, 6.45) is 4.71. The molecule has 0 saturated carbocycles. The summed E-state index contributed by atoms with van der Waals surface area (Å²) >= 11 is 0. The number of carbonyl (C=O) groups excluding carboxylic acids is 2. The van der Waals surface area contributed by atoms with E-state index in [0.29, 0.717) is 11.3 Å². The van der Waals surface area contributed by atoms with Crippen molar-refractivity contribution in [2.24, 2.45) is 0 Å². The van der Waals surface area contributed by atoms with E-state index in [-0.39, 0.29) is 18.0 Å². The molecule has 0 spiro atoms. The van der Waals surface area contributed by atoms with Gasteiger partial charge in [-0.15, -0.1) is 0 Å². The summed E-state index contributed by atoms with van der Waals surface area (Å²) in [5.41, 5.74) is 4.30. The molecule has 4 rings (SSSR count). The van der Waals surface area contributed by atoms with Gasteiger partial charge in [-0.05, 0) is 74.4 Å². The molecule has 0 radical (unpaired) electrons. The van der Waals surface area contributed by atoms with Gasteiger partial charge in [-0.1, -0.05) is 12.1 Å². The van der Waals surface area contributed by atoms with Gasteiger partial charge in [-0.25, -0.2) is 4.79 Å². The Balaban J connectivity index is 1.32. The molecule has 8 heteroatoms. The summed E-state index contributed by atoms with van der Waals surface area (Å²) in [5.74, 6) is -0.184. The number of aromatic nitrogens is 1. The van der Waals surface area contributed by atoms with Gasteiger partial charge < -0.3 is 20.9 Å². The number of carbonyl (C=O) groups is 2. The Morgan fingerprint density at radius 1 is 0.889 bits per heavy atom. The number of urea groups is 1. The van der Waals surface area contributed by atoms with Crippen LogP contribution in [0.3, 0.4) is 0 Å². The summed E-state index contributed by atoms with van der Waals surface area (Å²) in [6.45, 7) is 8.59. The normalized spacial score (nSPS) is 13.9. The van der Waals surface area contributed by atoms with Gasteiger partial charge in [0, 0.05) is 62.4 Å². The van der Waals surface area contributed by atoms with Gasteiger partial charge in [-0.3, -0.25) is 14.7 Å². The van der Waals surface area contributed by atoms with E-state index in [1.807, 2.05) is 44.4 Å². The molecule has 2 heterocycles. The fourth-order valence-corrected chi connectivity index (χ4v) is 4.23. The first-order chi connectivity index (χ1) is 17.5. The molecule has 0 bridgehead atoms. The largest absolute Gasteiger partial charge is 0.367 e. The second kappa shape index (κ2) is 12.2. The second-order valence-corrected chi connectivity index (χ2v) is 9.24. The maximum Gasteiger partial charge on any atom is 0.319 e. The van der Waals surface area contributed by atoms with Crippen LogP contribution in [0.25, 0.3) is 0 Å². The maximum atomic E-state index is 13.0. The average Bonchev–Trinajstić information content (AvgIpc) is 2.89. The van der Waals surface area contributed by atoms with Crippen molar-refractivity contribution in [3.05, 3.63) is 84.2 Å². The van der Waals surface area contributed by atoms with Gasteiger partial charge >= 0.3 is 6.03 Å². The standard InChI is InChI=1S/C28H34N6O2/c1-21(2)30-28(36)31-24-9-7-23(8-10-24)27(35)32-25-5-3-4-6-26(25)34-19-17-33(18-20-34)16-13-22-11-14-29-15-12-22/h3-12,14-15,21H,13,16-20H2,1-2H3,(H,32,35)(H2,30,31,36).